The van der Waals surface area contributed by atoms with Crippen LogP contribution in [0.25, 0.3) is 0 Å². The van der Waals surface area contributed by atoms with Gasteiger partial charge in [0.15, 0.2) is 0 Å². The average Bonchev–Trinajstić information content (AvgIpc) is 3.41. The highest BCUT2D eigenvalue weighted by Gasteiger charge is 2.41. The topological polar surface area (TPSA) is 24.5 Å². The summed E-state index contributed by atoms with van der Waals surface area (Å²) in [6, 6.07) is 10.6. The molecule has 2 saturated carbocycles. The summed E-state index contributed by atoms with van der Waals surface area (Å²) >= 11 is 0. The molecule has 0 aromatic heterocycles. The van der Waals surface area contributed by atoms with Gasteiger partial charge in [-0.3, -0.25) is 4.90 Å². The molecule has 1 heterocycles. The van der Waals surface area contributed by atoms with E-state index in [-0.39, 0.29) is 6.10 Å². The third kappa shape index (κ3) is 2.87. The Balaban J connectivity index is 1.59. The minimum absolute atomic E-state index is 0.274. The van der Waals surface area contributed by atoms with Gasteiger partial charge in [0.25, 0.3) is 0 Å². The molecular formula is C18H26N2O. The standard InChI is InChI=1S/C18H26N2O/c1-19-12-17-18(20(10-11-21-17)16-8-9-16)15-6-4-14(5-7-15)13-2-3-13/h4-7,13,16-19H,2-3,8-12H2,1H3. The third-order valence-electron chi connectivity index (χ3n) is 5.14. The molecule has 3 heteroatoms. The Hall–Kier alpha value is -0.900. The lowest BCUT2D eigenvalue weighted by Gasteiger charge is -2.42. The van der Waals surface area contributed by atoms with E-state index in [4.69, 9.17) is 4.74 Å². The van der Waals surface area contributed by atoms with Gasteiger partial charge in [-0.1, -0.05) is 24.3 Å². The molecule has 0 spiro atoms. The van der Waals surface area contributed by atoms with E-state index in [1.54, 1.807) is 0 Å². The van der Waals surface area contributed by atoms with E-state index in [0.717, 1.165) is 31.7 Å². The first kappa shape index (κ1) is 13.7. The summed E-state index contributed by atoms with van der Waals surface area (Å²) in [5.74, 6) is 0.842. The van der Waals surface area contributed by atoms with Gasteiger partial charge in [-0.25, -0.2) is 0 Å². The number of likely N-dealkylation sites (N-methyl/N-ethyl adjacent to an activating group) is 1. The van der Waals surface area contributed by atoms with Gasteiger partial charge in [-0.05, 0) is 49.8 Å². The van der Waals surface area contributed by atoms with Crippen molar-refractivity contribution in [3.05, 3.63) is 35.4 Å². The molecule has 1 aromatic rings. The van der Waals surface area contributed by atoms with Gasteiger partial charge in [-0.2, -0.15) is 0 Å². The zero-order valence-corrected chi connectivity index (χ0v) is 12.9. The highest BCUT2D eigenvalue weighted by molar-refractivity contribution is 5.31. The molecule has 2 atom stereocenters. The number of benzene rings is 1. The van der Waals surface area contributed by atoms with Gasteiger partial charge >= 0.3 is 0 Å². The fourth-order valence-electron chi connectivity index (χ4n) is 3.73. The summed E-state index contributed by atoms with van der Waals surface area (Å²) in [6.45, 7) is 2.89. The molecule has 1 aromatic carbocycles. The number of morpholine rings is 1. The molecule has 2 aliphatic carbocycles. The van der Waals surface area contributed by atoms with Gasteiger partial charge in [0.1, 0.15) is 0 Å². The minimum Gasteiger partial charge on any atom is -0.374 e. The Bertz CT molecular complexity index is 476. The highest BCUT2D eigenvalue weighted by atomic mass is 16.5. The maximum atomic E-state index is 6.08. The molecular weight excluding hydrogens is 260 g/mol. The van der Waals surface area contributed by atoms with Crippen molar-refractivity contribution in [1.82, 2.24) is 10.2 Å². The van der Waals surface area contributed by atoms with E-state index in [9.17, 15) is 0 Å². The van der Waals surface area contributed by atoms with Crippen LogP contribution in [0.3, 0.4) is 0 Å². The molecule has 0 radical (unpaired) electrons. The number of nitrogens with one attached hydrogen (secondary N) is 1. The molecule has 3 aliphatic rings. The van der Waals surface area contributed by atoms with E-state index >= 15 is 0 Å². The van der Waals surface area contributed by atoms with Crippen LogP contribution in [0, 0.1) is 0 Å². The highest BCUT2D eigenvalue weighted by Crippen LogP contribution is 2.42. The van der Waals surface area contributed by atoms with Crippen LogP contribution in [-0.2, 0) is 4.74 Å². The molecule has 0 bridgehead atoms. The Morgan fingerprint density at radius 2 is 1.81 bits per heavy atom. The summed E-state index contributed by atoms with van der Waals surface area (Å²) in [7, 11) is 2.02. The van der Waals surface area contributed by atoms with Crippen molar-refractivity contribution in [2.24, 2.45) is 0 Å². The summed E-state index contributed by atoms with van der Waals surface area (Å²) in [5, 5.41) is 3.30. The predicted molar refractivity (Wildman–Crippen MR) is 84.6 cm³/mol. The second kappa shape index (κ2) is 5.71. The second-order valence-electron chi connectivity index (χ2n) is 6.82. The first-order valence-corrected chi connectivity index (χ1v) is 8.48. The zero-order valence-electron chi connectivity index (χ0n) is 12.9. The maximum Gasteiger partial charge on any atom is 0.0896 e. The van der Waals surface area contributed by atoms with Gasteiger partial charge < -0.3 is 10.1 Å². The second-order valence-corrected chi connectivity index (χ2v) is 6.82. The lowest BCUT2D eigenvalue weighted by atomic mass is 9.95. The van der Waals surface area contributed by atoms with Crippen molar-refractivity contribution in [3.8, 4) is 0 Å². The smallest absolute Gasteiger partial charge is 0.0896 e. The van der Waals surface area contributed by atoms with Gasteiger partial charge in [0.05, 0.1) is 18.8 Å². The molecule has 1 aliphatic heterocycles. The van der Waals surface area contributed by atoms with Crippen LogP contribution in [0.4, 0.5) is 0 Å². The van der Waals surface area contributed by atoms with Gasteiger partial charge in [0.2, 0.25) is 0 Å². The third-order valence-corrected chi connectivity index (χ3v) is 5.14. The maximum absolute atomic E-state index is 6.08. The molecule has 1 N–H and O–H groups in total. The fraction of sp³-hybridized carbons (Fsp3) is 0.667. The Kier molecular flexibility index (Phi) is 3.74. The Morgan fingerprint density at radius 3 is 2.43 bits per heavy atom. The molecule has 4 rings (SSSR count). The van der Waals surface area contributed by atoms with Crippen LogP contribution in [0.5, 0.6) is 0 Å². The SMILES string of the molecule is CNCC1OCCN(C2CC2)C1c1ccc(C2CC2)cc1. The number of ether oxygens (including phenoxy) is 1. The molecule has 114 valence electrons. The minimum atomic E-state index is 0.274. The molecule has 1 saturated heterocycles. The number of nitrogens with zero attached hydrogens (tertiary/aromatic N) is 1. The summed E-state index contributed by atoms with van der Waals surface area (Å²) in [6.07, 6.45) is 5.76. The van der Waals surface area contributed by atoms with Crippen molar-refractivity contribution in [2.75, 3.05) is 26.7 Å². The van der Waals surface area contributed by atoms with E-state index in [0.29, 0.717) is 6.04 Å². The summed E-state index contributed by atoms with van der Waals surface area (Å²) < 4.78 is 6.08. The first-order valence-electron chi connectivity index (χ1n) is 8.48. The number of hydrogen-bond acceptors (Lipinski definition) is 3. The van der Waals surface area contributed by atoms with E-state index in [1.165, 1.54) is 36.8 Å². The normalized spacial score (nSPS) is 30.5. The monoisotopic (exact) mass is 286 g/mol. The van der Waals surface area contributed by atoms with Crippen molar-refractivity contribution in [1.29, 1.82) is 0 Å². The largest absolute Gasteiger partial charge is 0.374 e. The quantitative estimate of drug-likeness (QED) is 0.900. The molecule has 3 fully saturated rings. The van der Waals surface area contributed by atoms with Crippen molar-refractivity contribution < 1.29 is 4.74 Å². The molecule has 2 unspecified atom stereocenters. The lowest BCUT2D eigenvalue weighted by molar-refractivity contribution is -0.0740. The van der Waals surface area contributed by atoms with Crippen LogP contribution in [0.2, 0.25) is 0 Å². The average molecular weight is 286 g/mol. The van der Waals surface area contributed by atoms with E-state index < -0.39 is 0 Å². The van der Waals surface area contributed by atoms with Crippen LogP contribution < -0.4 is 5.32 Å². The summed E-state index contributed by atoms with van der Waals surface area (Å²) in [4.78, 5) is 2.69. The lowest BCUT2D eigenvalue weighted by Crippen LogP contribution is -2.49. The Morgan fingerprint density at radius 1 is 1.10 bits per heavy atom. The number of rotatable bonds is 5. The van der Waals surface area contributed by atoms with Crippen LogP contribution in [-0.4, -0.2) is 43.8 Å². The zero-order chi connectivity index (χ0) is 14.2. The fourth-order valence-corrected chi connectivity index (χ4v) is 3.73. The van der Waals surface area contributed by atoms with E-state index in [1.807, 2.05) is 7.05 Å². The van der Waals surface area contributed by atoms with Crippen molar-refractivity contribution in [3.63, 3.8) is 0 Å². The van der Waals surface area contributed by atoms with Crippen LogP contribution in [0.1, 0.15) is 48.8 Å². The predicted octanol–water partition coefficient (Wildman–Crippen LogP) is 2.69. The first-order chi connectivity index (χ1) is 10.4. The molecule has 3 nitrogen and oxygen atoms in total. The molecule has 0 amide bonds. The molecule has 21 heavy (non-hydrogen) atoms. The van der Waals surface area contributed by atoms with Crippen molar-refractivity contribution >= 4 is 0 Å². The summed E-state index contributed by atoms with van der Waals surface area (Å²) in [5.41, 5.74) is 2.96. The van der Waals surface area contributed by atoms with E-state index in [2.05, 4.69) is 34.5 Å². The number of hydrogen-bond donors (Lipinski definition) is 1. The van der Waals surface area contributed by atoms with Crippen molar-refractivity contribution in [2.45, 2.75) is 49.8 Å². The van der Waals surface area contributed by atoms with Gasteiger partial charge in [0, 0.05) is 19.1 Å². The van der Waals surface area contributed by atoms with Crippen LogP contribution >= 0.6 is 0 Å². The van der Waals surface area contributed by atoms with Crippen LogP contribution in [0.15, 0.2) is 24.3 Å². The Labute approximate surface area is 127 Å². The van der Waals surface area contributed by atoms with Gasteiger partial charge in [-0.15, -0.1) is 0 Å².